The lowest BCUT2D eigenvalue weighted by molar-refractivity contribution is -0.274. The molecule has 2 aromatic carbocycles. The molecule has 6 rings (SSSR count). The number of carbonyl (C=O) groups excluding carboxylic acids is 1. The molecule has 3 saturated heterocycles. The largest absolute Gasteiger partial charge is 0.573 e. The lowest BCUT2D eigenvalue weighted by Gasteiger charge is -2.39. The first-order valence-electron chi connectivity index (χ1n) is 14.3. The van der Waals surface area contributed by atoms with Gasteiger partial charge in [0, 0.05) is 36.3 Å². The molecule has 12 heteroatoms. The molecule has 3 heterocycles. The number of nitrogens with zero attached hydrogens (tertiary/aromatic N) is 2. The number of aliphatic carboxylic acids is 1. The van der Waals surface area contributed by atoms with Crippen molar-refractivity contribution in [2.45, 2.75) is 94.4 Å². The van der Waals surface area contributed by atoms with Crippen molar-refractivity contribution in [2.24, 2.45) is 0 Å². The van der Waals surface area contributed by atoms with E-state index in [1.54, 1.807) is 6.07 Å². The number of likely N-dealkylation sites (tertiary alicyclic amines) is 1. The first-order valence-corrected chi connectivity index (χ1v) is 14.7. The summed E-state index contributed by atoms with van der Waals surface area (Å²) in [5.41, 5.74) is 1.71. The van der Waals surface area contributed by atoms with Crippen molar-refractivity contribution in [2.75, 3.05) is 6.54 Å². The number of benzene rings is 2. The molecule has 1 aliphatic carbocycles. The summed E-state index contributed by atoms with van der Waals surface area (Å²) < 4.78 is 63.7. The van der Waals surface area contributed by atoms with Crippen LogP contribution in [0.2, 0.25) is 5.02 Å². The lowest BCUT2D eigenvalue weighted by Crippen LogP contribution is -2.46. The molecule has 4 fully saturated rings. The van der Waals surface area contributed by atoms with Crippen LogP contribution in [0.25, 0.3) is 0 Å². The molecule has 0 radical (unpaired) electrons. The van der Waals surface area contributed by atoms with Gasteiger partial charge in [-0.1, -0.05) is 11.6 Å². The number of hydrogen-bond donors (Lipinski definition) is 1. The Bertz CT molecular complexity index is 1370. The molecule has 42 heavy (non-hydrogen) atoms. The van der Waals surface area contributed by atoms with Crippen LogP contribution in [-0.2, 0) is 11.3 Å². The van der Waals surface area contributed by atoms with Gasteiger partial charge < -0.3 is 19.5 Å². The number of rotatable bonds is 8. The third kappa shape index (κ3) is 6.17. The number of carboxylic acids is 1. The fraction of sp³-hybridized carbons (Fsp3) is 0.533. The molecule has 2 aromatic rings. The predicted molar refractivity (Wildman–Crippen MR) is 144 cm³/mol. The highest BCUT2D eigenvalue weighted by atomic mass is 35.5. The smallest absolute Gasteiger partial charge is 0.490 e. The summed E-state index contributed by atoms with van der Waals surface area (Å²) in [7, 11) is 0. The quantitative estimate of drug-likeness (QED) is 0.343. The zero-order valence-corrected chi connectivity index (χ0v) is 23.5. The molecule has 1 unspecified atom stereocenters. The number of fused-ring (bicyclic) bond motifs is 2. The molecule has 2 bridgehead atoms. The van der Waals surface area contributed by atoms with Crippen LogP contribution in [0.3, 0.4) is 0 Å². The third-order valence-corrected chi connectivity index (χ3v) is 9.07. The van der Waals surface area contributed by atoms with E-state index in [4.69, 9.17) is 16.3 Å². The maximum absolute atomic E-state index is 15.5. The highest BCUT2D eigenvalue weighted by molar-refractivity contribution is 6.30. The Kier molecular flexibility index (Phi) is 7.76. The van der Waals surface area contributed by atoms with Crippen molar-refractivity contribution in [3.8, 4) is 11.5 Å². The molecule has 1 amide bonds. The van der Waals surface area contributed by atoms with Crippen molar-refractivity contribution >= 4 is 23.5 Å². The van der Waals surface area contributed by atoms with Gasteiger partial charge in [0.2, 0.25) is 0 Å². The molecular formula is C30H31ClF4N2O5. The number of hydrogen-bond acceptors (Lipinski definition) is 5. The monoisotopic (exact) mass is 610 g/mol. The number of amides is 1. The first-order chi connectivity index (χ1) is 19.9. The van der Waals surface area contributed by atoms with Crippen LogP contribution < -0.4 is 9.47 Å². The van der Waals surface area contributed by atoms with E-state index >= 15 is 4.39 Å². The van der Waals surface area contributed by atoms with E-state index in [1.165, 1.54) is 23.1 Å². The number of alkyl halides is 3. The molecular weight excluding hydrogens is 580 g/mol. The highest BCUT2D eigenvalue weighted by Crippen LogP contribution is 2.45. The van der Waals surface area contributed by atoms with Gasteiger partial charge in [0.15, 0.2) is 0 Å². The fourth-order valence-corrected chi connectivity index (χ4v) is 7.11. The summed E-state index contributed by atoms with van der Waals surface area (Å²) in [5.74, 6) is -2.28. The van der Waals surface area contributed by atoms with Crippen molar-refractivity contribution < 1.29 is 41.7 Å². The second kappa shape index (κ2) is 11.2. The molecule has 226 valence electrons. The summed E-state index contributed by atoms with van der Waals surface area (Å²) in [6.45, 7) is 0.809. The molecule has 7 nitrogen and oxygen atoms in total. The molecule has 1 saturated carbocycles. The molecule has 0 spiro atoms. The summed E-state index contributed by atoms with van der Waals surface area (Å²) in [6.07, 6.45) is 0.927. The molecule has 1 N–H and O–H groups in total. The Morgan fingerprint density at radius 3 is 2.31 bits per heavy atom. The van der Waals surface area contributed by atoms with Crippen LogP contribution in [0, 0.1) is 5.82 Å². The van der Waals surface area contributed by atoms with Gasteiger partial charge in [-0.3, -0.25) is 9.69 Å². The predicted octanol–water partition coefficient (Wildman–Crippen LogP) is 6.52. The van der Waals surface area contributed by atoms with Gasteiger partial charge in [0.05, 0.1) is 5.56 Å². The Morgan fingerprint density at radius 2 is 1.67 bits per heavy atom. The number of ether oxygens (including phenoxy) is 2. The average Bonchev–Trinajstić information content (AvgIpc) is 3.56. The Hall–Kier alpha value is -3.05. The summed E-state index contributed by atoms with van der Waals surface area (Å²) in [4.78, 5) is 28.4. The maximum Gasteiger partial charge on any atom is 0.573 e. The molecule has 3 aliphatic heterocycles. The SMILES string of the molecule is O=C(O)[C@@H]1CCCN1C(=O)c1cc(C2CC2)c(CN2[C@@H]3CC[C@H]2CC(Oc2cc(Cl)cc(OC(F)(F)F)c2)C3)cc1F. The van der Waals surface area contributed by atoms with Gasteiger partial charge in [0.25, 0.3) is 5.91 Å². The molecule has 0 aromatic heterocycles. The van der Waals surface area contributed by atoms with E-state index in [2.05, 4.69) is 9.64 Å². The minimum absolute atomic E-state index is 0.0701. The van der Waals surface area contributed by atoms with Gasteiger partial charge in [-0.05, 0) is 92.7 Å². The minimum Gasteiger partial charge on any atom is -0.490 e. The summed E-state index contributed by atoms with van der Waals surface area (Å²) in [6, 6.07) is 6.18. The Balaban J connectivity index is 1.16. The molecule has 4 aliphatic rings. The lowest BCUT2D eigenvalue weighted by atomic mass is 9.95. The number of carboxylic acid groups (broad SMARTS) is 1. The highest BCUT2D eigenvalue weighted by Gasteiger charge is 2.43. The second-order valence-corrected chi connectivity index (χ2v) is 12.2. The zero-order chi connectivity index (χ0) is 29.8. The summed E-state index contributed by atoms with van der Waals surface area (Å²) >= 11 is 6.01. The van der Waals surface area contributed by atoms with Crippen LogP contribution in [0.1, 0.15) is 78.8 Å². The molecule has 4 atom stereocenters. The van der Waals surface area contributed by atoms with E-state index in [9.17, 15) is 27.9 Å². The minimum atomic E-state index is -4.84. The van der Waals surface area contributed by atoms with Gasteiger partial charge >= 0.3 is 12.3 Å². The summed E-state index contributed by atoms with van der Waals surface area (Å²) in [5, 5.41) is 9.57. The first kappa shape index (κ1) is 29.0. The zero-order valence-electron chi connectivity index (χ0n) is 22.7. The van der Waals surface area contributed by atoms with Crippen molar-refractivity contribution in [3.63, 3.8) is 0 Å². The van der Waals surface area contributed by atoms with Gasteiger partial charge in [-0.25, -0.2) is 9.18 Å². The van der Waals surface area contributed by atoms with Crippen molar-refractivity contribution in [1.82, 2.24) is 9.80 Å². The van der Waals surface area contributed by atoms with Crippen LogP contribution >= 0.6 is 11.6 Å². The van der Waals surface area contributed by atoms with Crippen LogP contribution in [0.15, 0.2) is 30.3 Å². The third-order valence-electron chi connectivity index (χ3n) is 8.85. The van der Waals surface area contributed by atoms with Crippen molar-refractivity contribution in [1.29, 1.82) is 0 Å². The number of carbonyl (C=O) groups is 2. The Morgan fingerprint density at radius 1 is 0.976 bits per heavy atom. The number of halogens is 5. The van der Waals surface area contributed by atoms with E-state index in [0.717, 1.165) is 42.9 Å². The van der Waals surface area contributed by atoms with Crippen LogP contribution in [0.4, 0.5) is 17.6 Å². The average molecular weight is 611 g/mol. The normalized spacial score (nSPS) is 26.0. The fourth-order valence-electron chi connectivity index (χ4n) is 6.89. The standard InChI is InChI=1S/C30H31ClF4N2O5/c31-18-9-21(13-23(10-18)42-30(33,34)35)41-22-11-19-5-6-20(12-22)37(19)15-17-8-26(32)25(14-24(17)16-3-4-16)28(38)36-7-1-2-27(36)29(39)40/h8-10,13-14,16,19-20,22,27H,1-7,11-12,15H2,(H,39,40)/t19-,20+,22?,27-/m0/s1. The van der Waals surface area contributed by atoms with E-state index < -0.39 is 35.8 Å². The second-order valence-electron chi connectivity index (χ2n) is 11.7. The van der Waals surface area contributed by atoms with E-state index in [0.29, 0.717) is 38.8 Å². The van der Waals surface area contributed by atoms with Gasteiger partial charge in [-0.2, -0.15) is 0 Å². The number of piperidine rings is 1. The maximum atomic E-state index is 15.5. The Labute approximate surface area is 245 Å². The van der Waals surface area contributed by atoms with E-state index in [1.807, 2.05) is 0 Å². The van der Waals surface area contributed by atoms with Crippen LogP contribution in [0.5, 0.6) is 11.5 Å². The van der Waals surface area contributed by atoms with Gasteiger partial charge in [0.1, 0.15) is 29.5 Å². The van der Waals surface area contributed by atoms with Gasteiger partial charge in [-0.15, -0.1) is 13.2 Å². The van der Waals surface area contributed by atoms with Crippen molar-refractivity contribution in [3.05, 3.63) is 57.9 Å². The topological polar surface area (TPSA) is 79.3 Å². The van der Waals surface area contributed by atoms with E-state index in [-0.39, 0.29) is 40.4 Å². The van der Waals surface area contributed by atoms with Crippen LogP contribution in [-0.4, -0.2) is 63.9 Å².